The maximum Gasteiger partial charge on any atom is 0.423 e. The highest BCUT2D eigenvalue weighted by Crippen LogP contribution is 2.32. The standard InChI is InChI=1S/C23H18ClF5N6O2S/c1-12(33-18-11-32-35(38-29)22(37)19(18)23(26,27)28)3-2-5-34-6-4-13-7-16(17(25)8-15(13)21(34)36)20-30-9-14(24)10-31-20/h4,6-12,33H,2-3,5H2,1H3/t12-/m0/s1. The van der Waals surface area contributed by atoms with Crippen LogP contribution in [0.4, 0.5) is 27.1 Å². The van der Waals surface area contributed by atoms with Gasteiger partial charge in [-0.25, -0.2) is 14.4 Å². The molecule has 38 heavy (non-hydrogen) atoms. The molecule has 1 atom stereocenters. The second-order valence-corrected chi connectivity index (χ2v) is 9.24. The number of halogens is 6. The lowest BCUT2D eigenvalue weighted by Gasteiger charge is -2.19. The number of aryl methyl sites for hydroxylation is 1. The summed E-state index contributed by atoms with van der Waals surface area (Å²) in [5.74, 6) is -0.571. The largest absolute Gasteiger partial charge is 0.423 e. The van der Waals surface area contributed by atoms with Crippen molar-refractivity contribution in [3.05, 3.63) is 80.1 Å². The first kappa shape index (κ1) is 27.5. The van der Waals surface area contributed by atoms with Crippen LogP contribution < -0.4 is 16.4 Å². The molecule has 3 heterocycles. The monoisotopic (exact) mass is 572 g/mol. The van der Waals surface area contributed by atoms with Gasteiger partial charge < -0.3 is 9.88 Å². The molecular weight excluding hydrogens is 555 g/mol. The SMILES string of the molecule is C[C@@H](CCCn1ccc2cc(-c3ncc(Cl)cn3)c(F)cc2c1=O)Nc1cnn(SF)c(=O)c1C(F)(F)F. The molecule has 4 rings (SSSR count). The van der Waals surface area contributed by atoms with Crippen LogP contribution in [-0.2, 0) is 12.7 Å². The molecule has 0 aliphatic rings. The summed E-state index contributed by atoms with van der Waals surface area (Å²) in [4.78, 5) is 32.9. The van der Waals surface area contributed by atoms with Gasteiger partial charge in [0, 0.05) is 31.2 Å². The number of anilines is 1. The zero-order valence-electron chi connectivity index (χ0n) is 19.5. The zero-order chi connectivity index (χ0) is 27.6. The Morgan fingerprint density at radius 3 is 2.50 bits per heavy atom. The van der Waals surface area contributed by atoms with Gasteiger partial charge in [0.1, 0.15) is 11.4 Å². The molecule has 0 unspecified atom stereocenters. The van der Waals surface area contributed by atoms with Crippen LogP contribution >= 0.6 is 23.9 Å². The maximum atomic E-state index is 14.8. The topological polar surface area (TPSA) is 94.7 Å². The molecule has 15 heteroatoms. The Morgan fingerprint density at radius 2 is 1.84 bits per heavy atom. The van der Waals surface area contributed by atoms with Crippen molar-refractivity contribution in [3.8, 4) is 11.4 Å². The Labute approximate surface area is 220 Å². The Bertz CT molecular complexity index is 1590. The first-order chi connectivity index (χ1) is 18.0. The van der Waals surface area contributed by atoms with Crippen molar-refractivity contribution < 1.29 is 21.4 Å². The summed E-state index contributed by atoms with van der Waals surface area (Å²) in [6, 6.07) is 3.65. The van der Waals surface area contributed by atoms with Crippen molar-refractivity contribution in [1.29, 1.82) is 0 Å². The summed E-state index contributed by atoms with van der Waals surface area (Å²) in [6.07, 6.45) is 0.588. The summed E-state index contributed by atoms with van der Waals surface area (Å²) < 4.78 is 69.0. The molecule has 8 nitrogen and oxygen atoms in total. The van der Waals surface area contributed by atoms with E-state index >= 15 is 0 Å². The van der Waals surface area contributed by atoms with Crippen molar-refractivity contribution in [2.75, 3.05) is 5.32 Å². The maximum absolute atomic E-state index is 14.8. The van der Waals surface area contributed by atoms with Gasteiger partial charge >= 0.3 is 6.18 Å². The fraction of sp³-hybridized carbons (Fsp3) is 0.261. The molecule has 3 aromatic heterocycles. The minimum Gasteiger partial charge on any atom is -0.381 e. The van der Waals surface area contributed by atoms with E-state index in [0.717, 1.165) is 12.3 Å². The second-order valence-electron chi connectivity index (χ2n) is 8.32. The van der Waals surface area contributed by atoms with Crippen molar-refractivity contribution in [1.82, 2.24) is 23.7 Å². The van der Waals surface area contributed by atoms with E-state index in [-0.39, 0.29) is 27.4 Å². The Balaban J connectivity index is 1.47. The summed E-state index contributed by atoms with van der Waals surface area (Å²) in [7, 11) is 0. The van der Waals surface area contributed by atoms with Crippen molar-refractivity contribution in [3.63, 3.8) is 0 Å². The van der Waals surface area contributed by atoms with Gasteiger partial charge in [-0.1, -0.05) is 11.6 Å². The highest BCUT2D eigenvalue weighted by Gasteiger charge is 2.38. The second kappa shape index (κ2) is 11.1. The third-order valence-corrected chi connectivity index (χ3v) is 6.25. The zero-order valence-corrected chi connectivity index (χ0v) is 21.0. The molecule has 0 spiro atoms. The number of hydrogen-bond donors (Lipinski definition) is 1. The van der Waals surface area contributed by atoms with Gasteiger partial charge in [-0.05, 0) is 43.4 Å². The number of nitrogens with zero attached hydrogens (tertiary/aromatic N) is 5. The highest BCUT2D eigenvalue weighted by atomic mass is 35.5. The summed E-state index contributed by atoms with van der Waals surface area (Å²) in [5, 5.41) is 6.87. The fourth-order valence-electron chi connectivity index (χ4n) is 3.88. The third kappa shape index (κ3) is 5.80. The van der Waals surface area contributed by atoms with E-state index in [0.29, 0.717) is 23.3 Å². The van der Waals surface area contributed by atoms with Crippen LogP contribution in [-0.4, -0.2) is 29.8 Å². The quantitative estimate of drug-likeness (QED) is 0.279. The van der Waals surface area contributed by atoms with Gasteiger partial charge in [0.05, 0.1) is 27.9 Å². The first-order valence-corrected chi connectivity index (χ1v) is 12.1. The smallest absolute Gasteiger partial charge is 0.381 e. The minimum absolute atomic E-state index is 0.000906. The molecule has 0 saturated carbocycles. The number of rotatable bonds is 8. The van der Waals surface area contributed by atoms with E-state index < -0.39 is 52.7 Å². The summed E-state index contributed by atoms with van der Waals surface area (Å²) in [6.45, 7) is 1.80. The lowest BCUT2D eigenvalue weighted by atomic mass is 10.1. The van der Waals surface area contributed by atoms with E-state index in [4.69, 9.17) is 11.6 Å². The van der Waals surface area contributed by atoms with Gasteiger partial charge in [-0.15, -0.1) is 7.97 Å². The van der Waals surface area contributed by atoms with Crippen LogP contribution in [0.5, 0.6) is 0 Å². The van der Waals surface area contributed by atoms with Crippen LogP contribution in [0.25, 0.3) is 22.2 Å². The Morgan fingerprint density at radius 1 is 1.13 bits per heavy atom. The number of pyridine rings is 1. The Kier molecular flexibility index (Phi) is 8.02. The first-order valence-electron chi connectivity index (χ1n) is 11.1. The normalized spacial score (nSPS) is 12.6. The van der Waals surface area contributed by atoms with E-state index in [2.05, 4.69) is 20.4 Å². The Hall–Kier alpha value is -3.52. The lowest BCUT2D eigenvalue weighted by molar-refractivity contribution is -0.138. The predicted octanol–water partition coefficient (Wildman–Crippen LogP) is 5.49. The number of benzene rings is 1. The fourth-order valence-corrected chi connectivity index (χ4v) is 4.21. The van der Waals surface area contributed by atoms with Crippen LogP contribution in [0.3, 0.4) is 0 Å². The van der Waals surface area contributed by atoms with Gasteiger partial charge in [0.15, 0.2) is 18.2 Å². The molecule has 0 aliphatic heterocycles. The summed E-state index contributed by atoms with van der Waals surface area (Å²) in [5.41, 5.74) is -4.08. The average Bonchev–Trinajstić information content (AvgIpc) is 2.85. The van der Waals surface area contributed by atoms with Crippen molar-refractivity contribution >= 4 is 40.4 Å². The van der Waals surface area contributed by atoms with Crippen LogP contribution in [0, 0.1) is 5.82 Å². The van der Waals surface area contributed by atoms with Gasteiger partial charge in [0.2, 0.25) is 0 Å². The third-order valence-electron chi connectivity index (χ3n) is 5.66. The van der Waals surface area contributed by atoms with E-state index in [1.165, 1.54) is 29.2 Å². The average molecular weight is 573 g/mol. The van der Waals surface area contributed by atoms with Gasteiger partial charge in [-0.2, -0.15) is 18.3 Å². The van der Waals surface area contributed by atoms with E-state index in [9.17, 15) is 31.0 Å². The van der Waals surface area contributed by atoms with Crippen LogP contribution in [0.2, 0.25) is 5.02 Å². The van der Waals surface area contributed by atoms with E-state index in [1.807, 2.05) is 0 Å². The number of alkyl halides is 3. The highest BCUT2D eigenvalue weighted by molar-refractivity contribution is 7.92. The predicted molar refractivity (Wildman–Crippen MR) is 134 cm³/mol. The lowest BCUT2D eigenvalue weighted by Crippen LogP contribution is -2.30. The molecule has 200 valence electrons. The van der Waals surface area contributed by atoms with E-state index in [1.54, 1.807) is 13.0 Å². The molecule has 0 amide bonds. The number of aromatic nitrogens is 5. The molecule has 4 aromatic rings. The molecule has 0 bridgehead atoms. The number of fused-ring (bicyclic) bond motifs is 1. The number of nitrogens with one attached hydrogen (secondary N) is 1. The molecule has 1 N–H and O–H groups in total. The molecule has 0 saturated heterocycles. The summed E-state index contributed by atoms with van der Waals surface area (Å²) >= 11 is 5.04. The van der Waals surface area contributed by atoms with Crippen LogP contribution in [0.1, 0.15) is 25.3 Å². The van der Waals surface area contributed by atoms with Crippen LogP contribution in [0.15, 0.2) is 52.6 Å². The molecule has 0 aliphatic carbocycles. The molecule has 0 radical (unpaired) electrons. The molecule has 1 aromatic carbocycles. The van der Waals surface area contributed by atoms with Crippen molar-refractivity contribution in [2.45, 2.75) is 38.5 Å². The molecular formula is C23H18ClF5N6O2S. The van der Waals surface area contributed by atoms with Crippen molar-refractivity contribution in [2.24, 2.45) is 0 Å². The van der Waals surface area contributed by atoms with Gasteiger partial charge in [-0.3, -0.25) is 9.59 Å². The minimum atomic E-state index is -5.02. The molecule has 0 fully saturated rings. The number of hydrogen-bond acceptors (Lipinski definition) is 7. The van der Waals surface area contributed by atoms with Gasteiger partial charge in [0.25, 0.3) is 11.1 Å².